The first kappa shape index (κ1) is 17.7. The Hall–Kier alpha value is -2.09. The van der Waals surface area contributed by atoms with Crippen molar-refractivity contribution >= 4 is 38.9 Å². The van der Waals surface area contributed by atoms with Crippen LogP contribution in [0.15, 0.2) is 53.4 Å². The van der Waals surface area contributed by atoms with E-state index < -0.39 is 10.0 Å². The van der Waals surface area contributed by atoms with Crippen molar-refractivity contribution < 1.29 is 13.2 Å². The number of hydrogen-bond acceptors (Lipinski definition) is 4. The lowest BCUT2D eigenvalue weighted by Crippen LogP contribution is -2.26. The van der Waals surface area contributed by atoms with E-state index in [2.05, 4.69) is 15.4 Å². The van der Waals surface area contributed by atoms with Gasteiger partial charge in [0.05, 0.1) is 22.2 Å². The topological polar surface area (TPSA) is 87.3 Å². The number of nitrogens with one attached hydrogen (secondary N) is 3. The first-order valence-electron chi connectivity index (χ1n) is 7.85. The van der Waals surface area contributed by atoms with Crippen LogP contribution in [0.4, 0.5) is 11.4 Å². The minimum Gasteiger partial charge on any atom is -0.375 e. The fourth-order valence-corrected chi connectivity index (χ4v) is 3.77. The highest BCUT2D eigenvalue weighted by molar-refractivity contribution is 7.89. The highest BCUT2D eigenvalue weighted by Gasteiger charge is 2.28. The van der Waals surface area contributed by atoms with Gasteiger partial charge in [0.15, 0.2) is 0 Å². The van der Waals surface area contributed by atoms with Gasteiger partial charge in [-0.1, -0.05) is 29.8 Å². The quantitative estimate of drug-likeness (QED) is 0.690. The van der Waals surface area contributed by atoms with Crippen molar-refractivity contribution in [1.29, 1.82) is 0 Å². The second-order valence-electron chi connectivity index (χ2n) is 5.80. The molecule has 1 aliphatic rings. The maximum absolute atomic E-state index is 12.2. The van der Waals surface area contributed by atoms with Crippen molar-refractivity contribution in [2.45, 2.75) is 23.8 Å². The molecule has 0 aromatic heterocycles. The average Bonchev–Trinajstić information content (AvgIpc) is 3.38. The number of carbonyl (C=O) groups excluding carboxylic acids is 1. The standard InChI is InChI=1S/C17H18ClN3O3S/c18-15-6-1-2-7-16(15)19-11-17(22)20-13-4-3-5-14(10-13)25(23,24)21-12-8-9-12/h1-7,10,12,19,21H,8-9,11H2,(H,20,22). The normalized spacial score (nSPS) is 14.1. The van der Waals surface area contributed by atoms with E-state index in [1.165, 1.54) is 12.1 Å². The summed E-state index contributed by atoms with van der Waals surface area (Å²) >= 11 is 6.02. The third-order valence-corrected chi connectivity index (χ3v) is 5.49. The number of hydrogen-bond donors (Lipinski definition) is 3. The molecule has 1 aliphatic carbocycles. The van der Waals surface area contributed by atoms with Crippen molar-refractivity contribution in [3.8, 4) is 0 Å². The molecule has 0 unspecified atom stereocenters. The fraction of sp³-hybridized carbons (Fsp3) is 0.235. The Bertz CT molecular complexity index is 882. The van der Waals surface area contributed by atoms with E-state index in [0.717, 1.165) is 12.8 Å². The van der Waals surface area contributed by atoms with E-state index in [1.54, 1.807) is 30.3 Å². The molecule has 1 fully saturated rings. The Kier molecular flexibility index (Phi) is 5.27. The molecular weight excluding hydrogens is 362 g/mol. The minimum absolute atomic E-state index is 0.0149. The van der Waals surface area contributed by atoms with Crippen LogP contribution < -0.4 is 15.4 Å². The Morgan fingerprint density at radius 3 is 2.60 bits per heavy atom. The zero-order chi connectivity index (χ0) is 17.9. The summed E-state index contributed by atoms with van der Waals surface area (Å²) < 4.78 is 27.0. The van der Waals surface area contributed by atoms with E-state index in [1.807, 2.05) is 6.07 Å². The van der Waals surface area contributed by atoms with Crippen LogP contribution >= 0.6 is 11.6 Å². The number of amides is 1. The molecule has 1 amide bonds. The number of benzene rings is 2. The molecule has 1 saturated carbocycles. The van der Waals surface area contributed by atoms with Crippen LogP contribution in [0.1, 0.15) is 12.8 Å². The Balaban J connectivity index is 1.61. The second-order valence-corrected chi connectivity index (χ2v) is 7.93. The highest BCUT2D eigenvalue weighted by Crippen LogP contribution is 2.23. The van der Waals surface area contributed by atoms with Gasteiger partial charge in [-0.2, -0.15) is 0 Å². The zero-order valence-corrected chi connectivity index (χ0v) is 14.9. The number of halogens is 1. The average molecular weight is 380 g/mol. The number of sulfonamides is 1. The number of para-hydroxylation sites is 1. The predicted octanol–water partition coefficient (Wildman–Crippen LogP) is 2.83. The Morgan fingerprint density at radius 2 is 1.88 bits per heavy atom. The van der Waals surface area contributed by atoms with E-state index in [-0.39, 0.29) is 23.4 Å². The maximum Gasteiger partial charge on any atom is 0.243 e. The minimum atomic E-state index is -3.55. The summed E-state index contributed by atoms with van der Waals surface area (Å²) in [4.78, 5) is 12.2. The molecule has 6 nitrogen and oxygen atoms in total. The molecule has 3 N–H and O–H groups in total. The first-order chi connectivity index (χ1) is 11.9. The maximum atomic E-state index is 12.2. The molecule has 3 rings (SSSR count). The third kappa shape index (κ3) is 4.94. The van der Waals surface area contributed by atoms with E-state index in [0.29, 0.717) is 16.4 Å². The number of anilines is 2. The van der Waals surface area contributed by atoms with Gasteiger partial charge in [-0.15, -0.1) is 0 Å². The second kappa shape index (κ2) is 7.43. The lowest BCUT2D eigenvalue weighted by Gasteiger charge is -2.10. The van der Waals surface area contributed by atoms with Crippen LogP contribution in [0.2, 0.25) is 5.02 Å². The summed E-state index contributed by atoms with van der Waals surface area (Å²) in [7, 11) is -3.55. The van der Waals surface area contributed by atoms with Gasteiger partial charge in [-0.25, -0.2) is 13.1 Å². The molecule has 0 atom stereocenters. The molecule has 25 heavy (non-hydrogen) atoms. The summed E-state index contributed by atoms with van der Waals surface area (Å²) in [5.41, 5.74) is 1.08. The summed E-state index contributed by atoms with van der Waals surface area (Å²) in [5.74, 6) is -0.301. The molecule has 132 valence electrons. The van der Waals surface area contributed by atoms with Crippen molar-refractivity contribution in [1.82, 2.24) is 4.72 Å². The smallest absolute Gasteiger partial charge is 0.243 e. The van der Waals surface area contributed by atoms with Gasteiger partial charge in [-0.05, 0) is 43.2 Å². The van der Waals surface area contributed by atoms with Gasteiger partial charge in [0.1, 0.15) is 0 Å². The van der Waals surface area contributed by atoms with E-state index in [9.17, 15) is 13.2 Å². The van der Waals surface area contributed by atoms with Gasteiger partial charge in [0.2, 0.25) is 15.9 Å². The Labute approximate surface area is 151 Å². The fourth-order valence-electron chi connectivity index (χ4n) is 2.21. The number of carbonyl (C=O) groups is 1. The molecule has 2 aromatic rings. The monoisotopic (exact) mass is 379 g/mol. The van der Waals surface area contributed by atoms with Crippen molar-refractivity contribution in [2.75, 3.05) is 17.2 Å². The van der Waals surface area contributed by atoms with Gasteiger partial charge >= 0.3 is 0 Å². The summed E-state index contributed by atoms with van der Waals surface area (Å²) in [6.45, 7) is 0.0149. The third-order valence-electron chi connectivity index (χ3n) is 3.64. The molecule has 2 aromatic carbocycles. The molecule has 0 spiro atoms. The van der Waals surface area contributed by atoms with Crippen LogP contribution in [-0.4, -0.2) is 26.9 Å². The van der Waals surface area contributed by atoms with Crippen molar-refractivity contribution in [2.24, 2.45) is 0 Å². The lowest BCUT2D eigenvalue weighted by molar-refractivity contribution is -0.114. The van der Waals surface area contributed by atoms with Gasteiger partial charge in [0.25, 0.3) is 0 Å². The van der Waals surface area contributed by atoms with Crippen LogP contribution in [0.5, 0.6) is 0 Å². The molecule has 8 heteroatoms. The largest absolute Gasteiger partial charge is 0.375 e. The summed E-state index contributed by atoms with van der Waals surface area (Å²) in [6, 6.07) is 13.3. The zero-order valence-electron chi connectivity index (χ0n) is 13.3. The molecule has 0 bridgehead atoms. The van der Waals surface area contributed by atoms with E-state index >= 15 is 0 Å². The molecular formula is C17H18ClN3O3S. The lowest BCUT2D eigenvalue weighted by atomic mass is 10.3. The SMILES string of the molecule is O=C(CNc1ccccc1Cl)Nc1cccc(S(=O)(=O)NC2CC2)c1. The summed E-state index contributed by atoms with van der Waals surface area (Å²) in [5, 5.41) is 6.14. The van der Waals surface area contributed by atoms with Crippen molar-refractivity contribution in [3.63, 3.8) is 0 Å². The Morgan fingerprint density at radius 1 is 1.12 bits per heavy atom. The van der Waals surface area contributed by atoms with Gasteiger partial charge < -0.3 is 10.6 Å². The molecule has 0 radical (unpaired) electrons. The predicted molar refractivity (Wildman–Crippen MR) is 98.4 cm³/mol. The molecule has 0 saturated heterocycles. The summed E-state index contributed by atoms with van der Waals surface area (Å²) in [6.07, 6.45) is 1.73. The van der Waals surface area contributed by atoms with Crippen LogP contribution in [-0.2, 0) is 14.8 Å². The van der Waals surface area contributed by atoms with Crippen molar-refractivity contribution in [3.05, 3.63) is 53.6 Å². The highest BCUT2D eigenvalue weighted by atomic mass is 35.5. The van der Waals surface area contributed by atoms with Crippen LogP contribution in [0, 0.1) is 0 Å². The van der Waals surface area contributed by atoms with E-state index in [4.69, 9.17) is 11.6 Å². The van der Waals surface area contributed by atoms with Crippen LogP contribution in [0.3, 0.4) is 0 Å². The van der Waals surface area contributed by atoms with Crippen LogP contribution in [0.25, 0.3) is 0 Å². The van der Waals surface area contributed by atoms with Gasteiger partial charge in [0, 0.05) is 11.7 Å². The molecule has 0 heterocycles. The first-order valence-corrected chi connectivity index (χ1v) is 9.71. The number of rotatable bonds is 7. The van der Waals surface area contributed by atoms with Gasteiger partial charge in [-0.3, -0.25) is 4.79 Å². The molecule has 0 aliphatic heterocycles.